The standard InChI is InChI=1S/C5H5ClO2S/c6-4-2-1-3-9(4)5(7)8/h1-3,9H,(H,7,8). The van der Waals surface area contributed by atoms with E-state index >= 15 is 0 Å². The van der Waals surface area contributed by atoms with Gasteiger partial charge < -0.3 is 5.11 Å². The molecule has 0 radical (unpaired) electrons. The minimum atomic E-state index is -1.20. The molecule has 0 aromatic rings. The molecule has 0 bridgehead atoms. The Morgan fingerprint density at radius 1 is 1.78 bits per heavy atom. The molecule has 1 unspecified atom stereocenters. The van der Waals surface area contributed by atoms with Gasteiger partial charge in [-0.15, -0.1) is 0 Å². The Balaban J connectivity index is 2.74. The van der Waals surface area contributed by atoms with Gasteiger partial charge >= 0.3 is 5.30 Å². The van der Waals surface area contributed by atoms with Crippen molar-refractivity contribution in [3.8, 4) is 0 Å². The van der Waals surface area contributed by atoms with E-state index in [-0.39, 0.29) is 0 Å². The lowest BCUT2D eigenvalue weighted by Crippen LogP contribution is -1.88. The van der Waals surface area contributed by atoms with Crippen molar-refractivity contribution in [2.45, 2.75) is 0 Å². The lowest BCUT2D eigenvalue weighted by atomic mass is 10.6. The highest BCUT2D eigenvalue weighted by Gasteiger charge is 2.14. The lowest BCUT2D eigenvalue weighted by Gasteiger charge is -2.03. The van der Waals surface area contributed by atoms with Crippen LogP contribution in [-0.4, -0.2) is 10.4 Å². The third-order valence-corrected chi connectivity index (χ3v) is 3.07. The summed E-state index contributed by atoms with van der Waals surface area (Å²) in [4.78, 5) is 10.3. The van der Waals surface area contributed by atoms with E-state index in [1.54, 1.807) is 17.6 Å². The topological polar surface area (TPSA) is 37.3 Å². The number of carboxylic acid groups (broad SMARTS) is 1. The first-order chi connectivity index (χ1) is 4.22. The van der Waals surface area contributed by atoms with Crippen LogP contribution >= 0.6 is 22.5 Å². The van der Waals surface area contributed by atoms with E-state index in [1.807, 2.05) is 0 Å². The number of rotatable bonds is 0. The molecule has 0 saturated carbocycles. The maximum atomic E-state index is 10.3. The zero-order chi connectivity index (χ0) is 6.85. The molecular weight excluding hydrogens is 160 g/mol. The van der Waals surface area contributed by atoms with E-state index in [2.05, 4.69) is 0 Å². The summed E-state index contributed by atoms with van der Waals surface area (Å²) in [6.45, 7) is 0. The van der Waals surface area contributed by atoms with Crippen LogP contribution in [0.2, 0.25) is 0 Å². The molecule has 1 rings (SSSR count). The van der Waals surface area contributed by atoms with Crippen molar-refractivity contribution in [3.63, 3.8) is 0 Å². The predicted molar refractivity (Wildman–Crippen MR) is 40.1 cm³/mol. The van der Waals surface area contributed by atoms with Gasteiger partial charge in [-0.1, -0.05) is 28.6 Å². The maximum absolute atomic E-state index is 10.3. The first kappa shape index (κ1) is 6.71. The van der Waals surface area contributed by atoms with Crippen LogP contribution in [0.25, 0.3) is 0 Å². The van der Waals surface area contributed by atoms with Gasteiger partial charge in [-0.3, -0.25) is 0 Å². The lowest BCUT2D eigenvalue weighted by molar-refractivity contribution is 0.222. The Morgan fingerprint density at radius 2 is 2.44 bits per heavy atom. The number of hydrogen-bond donors (Lipinski definition) is 2. The van der Waals surface area contributed by atoms with Crippen molar-refractivity contribution >= 4 is 27.8 Å². The van der Waals surface area contributed by atoms with Gasteiger partial charge in [0.1, 0.15) is 0 Å². The fourth-order valence-corrected chi connectivity index (χ4v) is 1.93. The van der Waals surface area contributed by atoms with Crippen LogP contribution in [0.4, 0.5) is 4.79 Å². The molecule has 50 valence electrons. The first-order valence-corrected chi connectivity index (χ1v) is 4.07. The van der Waals surface area contributed by atoms with E-state index in [9.17, 15) is 4.79 Å². The van der Waals surface area contributed by atoms with Gasteiger partial charge in [-0.2, -0.15) is 0 Å². The average Bonchev–Trinajstić information content (AvgIpc) is 2.13. The number of carbonyl (C=O) groups is 1. The molecule has 0 amide bonds. The van der Waals surface area contributed by atoms with E-state index in [4.69, 9.17) is 16.7 Å². The van der Waals surface area contributed by atoms with Gasteiger partial charge in [0.25, 0.3) is 0 Å². The normalized spacial score (nSPS) is 28.1. The molecular formula is C5H5ClO2S. The molecule has 9 heavy (non-hydrogen) atoms. The first-order valence-electron chi connectivity index (χ1n) is 2.28. The molecule has 4 heteroatoms. The Bertz CT molecular complexity index is 197. The summed E-state index contributed by atoms with van der Waals surface area (Å²) in [5.41, 5.74) is 0. The van der Waals surface area contributed by atoms with E-state index in [0.29, 0.717) is 4.36 Å². The molecule has 0 fully saturated rings. The summed E-state index contributed by atoms with van der Waals surface area (Å²) in [6.07, 6.45) is 3.28. The Kier molecular flexibility index (Phi) is 1.83. The molecule has 1 N–H and O–H groups in total. The second kappa shape index (κ2) is 2.45. The van der Waals surface area contributed by atoms with Crippen LogP contribution in [0.15, 0.2) is 21.9 Å². The predicted octanol–water partition coefficient (Wildman–Crippen LogP) is 2.27. The average molecular weight is 165 g/mol. The quantitative estimate of drug-likeness (QED) is 0.539. The SMILES string of the molecule is O=C(O)[SH]1C=CC=C1Cl. The third kappa shape index (κ3) is 1.28. The highest BCUT2D eigenvalue weighted by Crippen LogP contribution is 2.43. The molecule has 1 heterocycles. The summed E-state index contributed by atoms with van der Waals surface area (Å²) in [5, 5.41) is 9.21. The van der Waals surface area contributed by atoms with Crippen LogP contribution in [0, 0.1) is 0 Å². The minimum Gasteiger partial charge on any atom is -0.474 e. The van der Waals surface area contributed by atoms with Crippen molar-refractivity contribution in [2.24, 2.45) is 0 Å². The Morgan fingerprint density at radius 3 is 2.67 bits per heavy atom. The number of hydrogen-bond acceptors (Lipinski definition) is 1. The molecule has 0 spiro atoms. The third-order valence-electron chi connectivity index (χ3n) is 0.905. The van der Waals surface area contributed by atoms with E-state index in [0.717, 1.165) is 0 Å². The monoisotopic (exact) mass is 164 g/mol. The van der Waals surface area contributed by atoms with Crippen LogP contribution in [0.1, 0.15) is 0 Å². The largest absolute Gasteiger partial charge is 0.474 e. The van der Waals surface area contributed by atoms with Gasteiger partial charge in [-0.25, -0.2) is 4.79 Å². The second-order valence-corrected chi connectivity index (χ2v) is 4.06. The van der Waals surface area contributed by atoms with Crippen LogP contribution < -0.4 is 0 Å². The summed E-state index contributed by atoms with van der Waals surface area (Å²) in [7, 11) is -1.20. The van der Waals surface area contributed by atoms with Crippen LogP contribution in [0.5, 0.6) is 0 Å². The number of halogens is 1. The van der Waals surface area contributed by atoms with Crippen molar-refractivity contribution in [1.82, 2.24) is 0 Å². The summed E-state index contributed by atoms with van der Waals surface area (Å²) < 4.78 is 0.442. The maximum Gasteiger partial charge on any atom is 0.353 e. The van der Waals surface area contributed by atoms with Gasteiger partial charge in [0.2, 0.25) is 0 Å². The smallest absolute Gasteiger partial charge is 0.353 e. The van der Waals surface area contributed by atoms with Crippen molar-refractivity contribution in [2.75, 3.05) is 0 Å². The van der Waals surface area contributed by atoms with Crippen LogP contribution in [-0.2, 0) is 0 Å². The Labute approximate surface area is 60.2 Å². The molecule has 2 nitrogen and oxygen atoms in total. The molecule has 0 aromatic carbocycles. The molecule has 1 aliphatic rings. The summed E-state index contributed by atoms with van der Waals surface area (Å²) in [5.74, 6) is 0. The summed E-state index contributed by atoms with van der Waals surface area (Å²) >= 11 is 5.52. The fraction of sp³-hybridized carbons (Fsp3) is 0. The molecule has 0 aromatic heterocycles. The molecule has 0 saturated heterocycles. The zero-order valence-corrected chi connectivity index (χ0v) is 6.06. The minimum absolute atomic E-state index is 0.442. The number of thiol groups is 1. The number of allylic oxidation sites excluding steroid dienone is 2. The second-order valence-electron chi connectivity index (χ2n) is 1.48. The van der Waals surface area contributed by atoms with Crippen molar-refractivity contribution in [1.29, 1.82) is 0 Å². The summed E-state index contributed by atoms with van der Waals surface area (Å²) in [6, 6.07) is 0. The fourth-order valence-electron chi connectivity index (χ4n) is 0.515. The highest BCUT2D eigenvalue weighted by atomic mass is 35.5. The van der Waals surface area contributed by atoms with Gasteiger partial charge in [-0.05, 0) is 11.5 Å². The zero-order valence-electron chi connectivity index (χ0n) is 4.41. The molecule has 0 aliphatic carbocycles. The van der Waals surface area contributed by atoms with E-state index in [1.165, 1.54) is 0 Å². The van der Waals surface area contributed by atoms with E-state index < -0.39 is 16.2 Å². The highest BCUT2D eigenvalue weighted by molar-refractivity contribution is 8.35. The van der Waals surface area contributed by atoms with Crippen molar-refractivity contribution < 1.29 is 9.90 Å². The molecule has 1 aliphatic heterocycles. The van der Waals surface area contributed by atoms with Crippen LogP contribution in [0.3, 0.4) is 0 Å². The van der Waals surface area contributed by atoms with Gasteiger partial charge in [0.15, 0.2) is 0 Å². The Hall–Kier alpha value is -0.410. The molecule has 1 atom stereocenters. The van der Waals surface area contributed by atoms with Gasteiger partial charge in [0, 0.05) is 0 Å². The van der Waals surface area contributed by atoms with Crippen molar-refractivity contribution in [3.05, 3.63) is 21.9 Å². The van der Waals surface area contributed by atoms with Gasteiger partial charge in [0.05, 0.1) is 4.36 Å².